The first-order valence-corrected chi connectivity index (χ1v) is 6.77. The molecule has 0 aliphatic heterocycles. The summed E-state index contributed by atoms with van der Waals surface area (Å²) in [7, 11) is 1.95. The molecule has 2 rings (SSSR count). The molecule has 0 aromatic carbocycles. The van der Waals surface area contributed by atoms with Crippen LogP contribution in [0.3, 0.4) is 0 Å². The van der Waals surface area contributed by atoms with Crippen molar-refractivity contribution in [2.75, 3.05) is 18.5 Å². The van der Waals surface area contributed by atoms with Gasteiger partial charge in [-0.2, -0.15) is 0 Å². The van der Waals surface area contributed by atoms with Crippen LogP contribution in [0.4, 0.5) is 5.82 Å². The Morgan fingerprint density at radius 2 is 2.00 bits per heavy atom. The van der Waals surface area contributed by atoms with Gasteiger partial charge in [0.25, 0.3) is 5.56 Å². The number of pyridine rings is 1. The first-order chi connectivity index (χ1) is 9.56. The first kappa shape index (κ1) is 14.2. The second kappa shape index (κ2) is 6.32. The van der Waals surface area contributed by atoms with Crippen molar-refractivity contribution in [3.8, 4) is 0 Å². The number of anilines is 1. The van der Waals surface area contributed by atoms with E-state index in [1.54, 1.807) is 18.5 Å². The van der Waals surface area contributed by atoms with Crippen molar-refractivity contribution in [1.29, 1.82) is 0 Å². The molecule has 0 atom stereocenters. The van der Waals surface area contributed by atoms with Crippen molar-refractivity contribution >= 4 is 5.82 Å². The predicted molar refractivity (Wildman–Crippen MR) is 80.2 cm³/mol. The van der Waals surface area contributed by atoms with Crippen LogP contribution >= 0.6 is 0 Å². The van der Waals surface area contributed by atoms with Crippen LogP contribution in [0.2, 0.25) is 0 Å². The number of hydrogen-bond donors (Lipinski definition) is 1. The third-order valence-corrected chi connectivity index (χ3v) is 3.17. The van der Waals surface area contributed by atoms with Gasteiger partial charge in [0.15, 0.2) is 0 Å². The number of aromatic nitrogens is 3. The zero-order chi connectivity index (χ0) is 14.5. The summed E-state index contributed by atoms with van der Waals surface area (Å²) in [6, 6.07) is 5.54. The standard InChI is InChI=1S/C15H20N4O/c1-11(2)15-17-13(10-14(20)18-15)19(3)9-6-12-4-7-16-8-5-12/h4-5,7-8,10-11H,6,9H2,1-3H3,(H,17,18,20). The van der Waals surface area contributed by atoms with Crippen LogP contribution in [0, 0.1) is 0 Å². The second-order valence-electron chi connectivity index (χ2n) is 5.17. The van der Waals surface area contributed by atoms with Gasteiger partial charge in [-0.25, -0.2) is 4.98 Å². The number of hydrogen-bond acceptors (Lipinski definition) is 4. The molecule has 0 fully saturated rings. The van der Waals surface area contributed by atoms with Crippen LogP contribution in [0.25, 0.3) is 0 Å². The Morgan fingerprint density at radius 3 is 2.65 bits per heavy atom. The summed E-state index contributed by atoms with van der Waals surface area (Å²) in [4.78, 5) is 24.9. The van der Waals surface area contributed by atoms with Crippen LogP contribution in [-0.4, -0.2) is 28.5 Å². The molecule has 1 N–H and O–H groups in total. The van der Waals surface area contributed by atoms with E-state index in [2.05, 4.69) is 15.0 Å². The summed E-state index contributed by atoms with van der Waals surface area (Å²) >= 11 is 0. The quantitative estimate of drug-likeness (QED) is 0.904. The van der Waals surface area contributed by atoms with Gasteiger partial charge in [0.05, 0.1) is 0 Å². The van der Waals surface area contributed by atoms with Crippen molar-refractivity contribution in [2.45, 2.75) is 26.2 Å². The monoisotopic (exact) mass is 272 g/mol. The number of likely N-dealkylation sites (N-methyl/N-ethyl adjacent to an activating group) is 1. The molecule has 0 saturated carbocycles. The van der Waals surface area contributed by atoms with Crippen molar-refractivity contribution < 1.29 is 0 Å². The molecule has 5 nitrogen and oxygen atoms in total. The maximum atomic E-state index is 11.7. The van der Waals surface area contributed by atoms with Crippen LogP contribution in [-0.2, 0) is 6.42 Å². The minimum Gasteiger partial charge on any atom is -0.359 e. The maximum Gasteiger partial charge on any atom is 0.252 e. The molecule has 2 heterocycles. The molecular weight excluding hydrogens is 252 g/mol. The number of nitrogens with one attached hydrogen (secondary N) is 1. The largest absolute Gasteiger partial charge is 0.359 e. The van der Waals surface area contributed by atoms with Crippen molar-refractivity contribution in [1.82, 2.24) is 15.0 Å². The molecule has 106 valence electrons. The summed E-state index contributed by atoms with van der Waals surface area (Å²) in [5.74, 6) is 1.64. The predicted octanol–water partition coefficient (Wildman–Crippen LogP) is 1.97. The molecule has 5 heteroatoms. The molecule has 0 unspecified atom stereocenters. The molecule has 0 amide bonds. The SMILES string of the molecule is CC(C)c1nc(N(C)CCc2ccncc2)cc(=O)[nH]1. The topological polar surface area (TPSA) is 61.9 Å². The van der Waals surface area contributed by atoms with Crippen molar-refractivity contribution in [2.24, 2.45) is 0 Å². The zero-order valence-electron chi connectivity index (χ0n) is 12.1. The first-order valence-electron chi connectivity index (χ1n) is 6.77. The lowest BCUT2D eigenvalue weighted by molar-refractivity contribution is 0.753. The summed E-state index contributed by atoms with van der Waals surface area (Å²) in [6.45, 7) is 4.83. The van der Waals surface area contributed by atoms with E-state index in [1.807, 2.05) is 37.9 Å². The van der Waals surface area contributed by atoms with E-state index >= 15 is 0 Å². The number of aromatic amines is 1. The molecule has 0 aliphatic rings. The van der Waals surface area contributed by atoms with Gasteiger partial charge in [-0.3, -0.25) is 9.78 Å². The Kier molecular flexibility index (Phi) is 4.50. The van der Waals surface area contributed by atoms with Gasteiger partial charge in [0, 0.05) is 38.0 Å². The third-order valence-electron chi connectivity index (χ3n) is 3.17. The van der Waals surface area contributed by atoms with Crippen LogP contribution in [0.5, 0.6) is 0 Å². The fourth-order valence-electron chi connectivity index (χ4n) is 1.89. The van der Waals surface area contributed by atoms with Gasteiger partial charge in [-0.15, -0.1) is 0 Å². The number of H-pyrrole nitrogens is 1. The van der Waals surface area contributed by atoms with E-state index in [0.29, 0.717) is 5.82 Å². The molecule has 2 aromatic heterocycles. The Labute approximate surface area is 118 Å². The molecule has 20 heavy (non-hydrogen) atoms. The minimum absolute atomic E-state index is 0.102. The fourth-order valence-corrected chi connectivity index (χ4v) is 1.89. The van der Waals surface area contributed by atoms with E-state index in [9.17, 15) is 4.79 Å². The van der Waals surface area contributed by atoms with Crippen molar-refractivity contribution in [3.63, 3.8) is 0 Å². The molecule has 0 saturated heterocycles. The van der Waals surface area contributed by atoms with E-state index in [-0.39, 0.29) is 11.5 Å². The van der Waals surface area contributed by atoms with Gasteiger partial charge >= 0.3 is 0 Å². The van der Waals surface area contributed by atoms with Gasteiger partial charge in [0.2, 0.25) is 0 Å². The summed E-state index contributed by atoms with van der Waals surface area (Å²) < 4.78 is 0. The van der Waals surface area contributed by atoms with Gasteiger partial charge in [-0.1, -0.05) is 13.8 Å². The summed E-state index contributed by atoms with van der Waals surface area (Å²) in [5.41, 5.74) is 1.12. The molecule has 0 spiro atoms. The Morgan fingerprint density at radius 1 is 1.30 bits per heavy atom. The lowest BCUT2D eigenvalue weighted by atomic mass is 10.2. The van der Waals surface area contributed by atoms with E-state index < -0.39 is 0 Å². The molecule has 0 bridgehead atoms. The zero-order valence-corrected chi connectivity index (χ0v) is 12.1. The number of nitrogens with zero attached hydrogens (tertiary/aromatic N) is 3. The normalized spacial score (nSPS) is 10.8. The van der Waals surface area contributed by atoms with E-state index in [4.69, 9.17) is 0 Å². The summed E-state index contributed by atoms with van der Waals surface area (Å²) in [5, 5.41) is 0. The number of rotatable bonds is 5. The van der Waals surface area contributed by atoms with E-state index in [0.717, 1.165) is 18.8 Å². The van der Waals surface area contributed by atoms with Gasteiger partial charge < -0.3 is 9.88 Å². The van der Waals surface area contributed by atoms with E-state index in [1.165, 1.54) is 5.56 Å². The van der Waals surface area contributed by atoms with Crippen LogP contribution in [0.15, 0.2) is 35.4 Å². The van der Waals surface area contributed by atoms with Crippen LogP contribution in [0.1, 0.15) is 31.2 Å². The lowest BCUT2D eigenvalue weighted by Gasteiger charge is -2.19. The lowest BCUT2D eigenvalue weighted by Crippen LogP contribution is -2.24. The van der Waals surface area contributed by atoms with Gasteiger partial charge in [0.1, 0.15) is 11.6 Å². The van der Waals surface area contributed by atoms with Crippen LogP contribution < -0.4 is 10.5 Å². The third kappa shape index (κ3) is 3.66. The molecular formula is C15H20N4O. The Balaban J connectivity index is 2.09. The molecule has 2 aromatic rings. The maximum absolute atomic E-state index is 11.7. The highest BCUT2D eigenvalue weighted by molar-refractivity contribution is 5.36. The summed E-state index contributed by atoms with van der Waals surface area (Å²) in [6.07, 6.45) is 4.47. The smallest absolute Gasteiger partial charge is 0.252 e. The Hall–Kier alpha value is -2.17. The molecule has 0 aliphatic carbocycles. The van der Waals surface area contributed by atoms with Crippen molar-refractivity contribution in [3.05, 3.63) is 52.3 Å². The average Bonchev–Trinajstić information content (AvgIpc) is 2.45. The highest BCUT2D eigenvalue weighted by Crippen LogP contribution is 2.12. The Bertz CT molecular complexity index is 607. The molecule has 0 radical (unpaired) electrons. The fraction of sp³-hybridized carbons (Fsp3) is 0.400. The highest BCUT2D eigenvalue weighted by Gasteiger charge is 2.08. The minimum atomic E-state index is -0.102. The average molecular weight is 272 g/mol. The highest BCUT2D eigenvalue weighted by atomic mass is 16.1. The van der Waals surface area contributed by atoms with Gasteiger partial charge in [-0.05, 0) is 24.1 Å². The second-order valence-corrected chi connectivity index (χ2v) is 5.17.